The standard InChI is InChI=1S/C15H25ClN2O/c1-3-5-9-18(10-11-19)15-13(12-17-4-2)7-6-8-14(15)16/h6-8,17,19H,3-5,9-12H2,1-2H3. The largest absolute Gasteiger partial charge is 0.395 e. The predicted octanol–water partition coefficient (Wildman–Crippen LogP) is 3.05. The number of anilines is 1. The average molecular weight is 285 g/mol. The van der Waals surface area contributed by atoms with Crippen LogP contribution in [0.5, 0.6) is 0 Å². The molecule has 1 aromatic rings. The zero-order valence-electron chi connectivity index (χ0n) is 12.0. The minimum atomic E-state index is 0.148. The van der Waals surface area contributed by atoms with Crippen LogP contribution in [-0.2, 0) is 6.54 Å². The minimum absolute atomic E-state index is 0.148. The lowest BCUT2D eigenvalue weighted by atomic mass is 10.1. The van der Waals surface area contributed by atoms with E-state index in [-0.39, 0.29) is 6.61 Å². The summed E-state index contributed by atoms with van der Waals surface area (Å²) in [5, 5.41) is 13.4. The number of halogens is 1. The number of hydrogen-bond donors (Lipinski definition) is 2. The number of nitrogens with one attached hydrogen (secondary N) is 1. The minimum Gasteiger partial charge on any atom is -0.395 e. The van der Waals surface area contributed by atoms with Gasteiger partial charge in [0, 0.05) is 19.6 Å². The maximum Gasteiger partial charge on any atom is 0.0642 e. The number of unbranched alkanes of at least 4 members (excludes halogenated alkanes) is 1. The SMILES string of the molecule is CCCCN(CCO)c1c(Cl)cccc1CNCC. The molecule has 1 rings (SSSR count). The van der Waals surface area contributed by atoms with Gasteiger partial charge in [0.15, 0.2) is 0 Å². The van der Waals surface area contributed by atoms with E-state index in [9.17, 15) is 5.11 Å². The van der Waals surface area contributed by atoms with Gasteiger partial charge in [-0.3, -0.25) is 0 Å². The average Bonchev–Trinajstić information content (AvgIpc) is 2.41. The van der Waals surface area contributed by atoms with Crippen LogP contribution in [0.1, 0.15) is 32.3 Å². The molecule has 0 aromatic heterocycles. The van der Waals surface area contributed by atoms with Crippen molar-refractivity contribution < 1.29 is 5.11 Å². The molecule has 0 saturated carbocycles. The fraction of sp³-hybridized carbons (Fsp3) is 0.600. The van der Waals surface area contributed by atoms with Crippen molar-refractivity contribution in [2.45, 2.75) is 33.2 Å². The highest BCUT2D eigenvalue weighted by atomic mass is 35.5. The van der Waals surface area contributed by atoms with Crippen molar-refractivity contribution in [3.8, 4) is 0 Å². The Balaban J connectivity index is 2.97. The number of rotatable bonds is 9. The Morgan fingerprint density at radius 1 is 1.26 bits per heavy atom. The van der Waals surface area contributed by atoms with E-state index in [1.165, 1.54) is 5.56 Å². The van der Waals surface area contributed by atoms with Crippen molar-refractivity contribution in [1.29, 1.82) is 0 Å². The first-order chi connectivity index (χ1) is 9.24. The number of nitrogens with zero attached hydrogens (tertiary/aromatic N) is 1. The van der Waals surface area contributed by atoms with Crippen LogP contribution in [0.4, 0.5) is 5.69 Å². The van der Waals surface area contributed by atoms with E-state index in [1.54, 1.807) is 0 Å². The lowest BCUT2D eigenvalue weighted by Gasteiger charge is -2.27. The normalized spacial score (nSPS) is 10.7. The number of benzene rings is 1. The van der Waals surface area contributed by atoms with E-state index in [0.29, 0.717) is 6.54 Å². The number of para-hydroxylation sites is 1. The van der Waals surface area contributed by atoms with Gasteiger partial charge >= 0.3 is 0 Å². The molecule has 4 heteroatoms. The second-order valence-corrected chi connectivity index (χ2v) is 5.00. The highest BCUT2D eigenvalue weighted by molar-refractivity contribution is 6.33. The molecule has 0 aliphatic carbocycles. The molecule has 0 aliphatic heterocycles. The van der Waals surface area contributed by atoms with Crippen molar-refractivity contribution in [2.75, 3.05) is 31.1 Å². The second-order valence-electron chi connectivity index (χ2n) is 4.59. The molecule has 0 aliphatic rings. The van der Waals surface area contributed by atoms with Gasteiger partial charge in [-0.1, -0.05) is 44.0 Å². The Kier molecular flexibility index (Phi) is 7.87. The molecule has 19 heavy (non-hydrogen) atoms. The van der Waals surface area contributed by atoms with Gasteiger partial charge in [0.25, 0.3) is 0 Å². The smallest absolute Gasteiger partial charge is 0.0642 e. The molecule has 0 heterocycles. The molecular formula is C15H25ClN2O. The first kappa shape index (κ1) is 16.3. The molecule has 0 radical (unpaired) electrons. The number of hydrogen-bond acceptors (Lipinski definition) is 3. The van der Waals surface area contributed by atoms with Crippen LogP contribution in [0.3, 0.4) is 0 Å². The zero-order chi connectivity index (χ0) is 14.1. The van der Waals surface area contributed by atoms with Crippen LogP contribution >= 0.6 is 11.6 Å². The molecule has 108 valence electrons. The highest BCUT2D eigenvalue weighted by Crippen LogP contribution is 2.30. The highest BCUT2D eigenvalue weighted by Gasteiger charge is 2.14. The Morgan fingerprint density at radius 3 is 2.68 bits per heavy atom. The first-order valence-corrected chi connectivity index (χ1v) is 7.46. The van der Waals surface area contributed by atoms with Gasteiger partial charge in [0.1, 0.15) is 0 Å². The summed E-state index contributed by atoms with van der Waals surface area (Å²) in [7, 11) is 0. The fourth-order valence-electron chi connectivity index (χ4n) is 2.12. The maximum atomic E-state index is 9.25. The van der Waals surface area contributed by atoms with Crippen LogP contribution in [0.15, 0.2) is 18.2 Å². The van der Waals surface area contributed by atoms with E-state index < -0.39 is 0 Å². The lowest BCUT2D eigenvalue weighted by molar-refractivity contribution is 0.301. The summed E-state index contributed by atoms with van der Waals surface area (Å²) in [6.07, 6.45) is 2.24. The van der Waals surface area contributed by atoms with Gasteiger partial charge < -0.3 is 15.3 Å². The van der Waals surface area contributed by atoms with Crippen molar-refractivity contribution in [3.63, 3.8) is 0 Å². The summed E-state index contributed by atoms with van der Waals surface area (Å²) >= 11 is 6.37. The van der Waals surface area contributed by atoms with Gasteiger partial charge in [-0.15, -0.1) is 0 Å². The third-order valence-corrected chi connectivity index (χ3v) is 3.41. The van der Waals surface area contributed by atoms with Gasteiger partial charge in [0.05, 0.1) is 17.3 Å². The molecule has 0 unspecified atom stereocenters. The summed E-state index contributed by atoms with van der Waals surface area (Å²) in [4.78, 5) is 2.19. The fourth-order valence-corrected chi connectivity index (χ4v) is 2.44. The Hall–Kier alpha value is -0.770. The van der Waals surface area contributed by atoms with E-state index in [0.717, 1.165) is 43.2 Å². The molecule has 0 bridgehead atoms. The van der Waals surface area contributed by atoms with Crippen LogP contribution in [-0.4, -0.2) is 31.3 Å². The Morgan fingerprint density at radius 2 is 2.05 bits per heavy atom. The topological polar surface area (TPSA) is 35.5 Å². The first-order valence-electron chi connectivity index (χ1n) is 7.08. The maximum absolute atomic E-state index is 9.25. The molecule has 3 nitrogen and oxygen atoms in total. The third-order valence-electron chi connectivity index (χ3n) is 3.10. The van der Waals surface area contributed by atoms with E-state index in [4.69, 9.17) is 11.6 Å². The Labute approximate surface area is 121 Å². The van der Waals surface area contributed by atoms with Crippen molar-refractivity contribution in [3.05, 3.63) is 28.8 Å². The van der Waals surface area contributed by atoms with E-state index in [1.807, 2.05) is 12.1 Å². The second kappa shape index (κ2) is 9.18. The third kappa shape index (κ3) is 5.01. The molecule has 1 aromatic carbocycles. The van der Waals surface area contributed by atoms with Crippen molar-refractivity contribution in [2.24, 2.45) is 0 Å². The predicted molar refractivity (Wildman–Crippen MR) is 83.0 cm³/mol. The van der Waals surface area contributed by atoms with Crippen molar-refractivity contribution in [1.82, 2.24) is 5.32 Å². The summed E-state index contributed by atoms with van der Waals surface area (Å²) in [6.45, 7) is 7.70. The lowest BCUT2D eigenvalue weighted by Crippen LogP contribution is -2.29. The molecule has 0 atom stereocenters. The molecule has 0 fully saturated rings. The summed E-state index contributed by atoms with van der Waals surface area (Å²) in [6, 6.07) is 6.00. The summed E-state index contributed by atoms with van der Waals surface area (Å²) < 4.78 is 0. The summed E-state index contributed by atoms with van der Waals surface area (Å²) in [5.41, 5.74) is 2.26. The molecule has 2 N–H and O–H groups in total. The molecule has 0 amide bonds. The monoisotopic (exact) mass is 284 g/mol. The Bertz CT molecular complexity index is 371. The molecule has 0 spiro atoms. The summed E-state index contributed by atoms with van der Waals surface area (Å²) in [5.74, 6) is 0. The van der Waals surface area contributed by atoms with Gasteiger partial charge in [-0.2, -0.15) is 0 Å². The van der Waals surface area contributed by atoms with Gasteiger partial charge in [0.2, 0.25) is 0 Å². The van der Waals surface area contributed by atoms with Crippen LogP contribution in [0, 0.1) is 0 Å². The molecule has 0 saturated heterocycles. The number of aliphatic hydroxyl groups is 1. The molecular weight excluding hydrogens is 260 g/mol. The van der Waals surface area contributed by atoms with E-state index in [2.05, 4.69) is 30.1 Å². The van der Waals surface area contributed by atoms with Crippen molar-refractivity contribution >= 4 is 17.3 Å². The van der Waals surface area contributed by atoms with Gasteiger partial charge in [-0.25, -0.2) is 0 Å². The van der Waals surface area contributed by atoms with Crippen LogP contribution in [0.25, 0.3) is 0 Å². The van der Waals surface area contributed by atoms with Gasteiger partial charge in [-0.05, 0) is 24.6 Å². The quantitative estimate of drug-likeness (QED) is 0.732. The zero-order valence-corrected chi connectivity index (χ0v) is 12.7. The van der Waals surface area contributed by atoms with Crippen LogP contribution < -0.4 is 10.2 Å². The number of aliphatic hydroxyl groups excluding tert-OH is 1. The van der Waals surface area contributed by atoms with Crippen LogP contribution in [0.2, 0.25) is 5.02 Å². The van der Waals surface area contributed by atoms with E-state index >= 15 is 0 Å².